The largest absolute Gasteiger partial charge is 0.456 e. The van der Waals surface area contributed by atoms with Gasteiger partial charge in [0.25, 0.3) is 0 Å². The van der Waals surface area contributed by atoms with E-state index in [0.717, 1.165) is 50.4 Å². The summed E-state index contributed by atoms with van der Waals surface area (Å²) in [5.41, 5.74) is -0.329. The Morgan fingerprint density at radius 3 is 2.23 bits per heavy atom. The molecule has 8 saturated carbocycles. The van der Waals surface area contributed by atoms with Crippen LogP contribution in [0.3, 0.4) is 0 Å². The standard InChI is InChI=1S/C37H57NO6/c1-21(5-10-33(40)43-20-34(41)44-37(4)25-14-22-13-23(16-25)17-26(37)15-22)29-8-9-30-28-7-6-24-18-27(38-42)11-12-35(24,2)31(28)19-32(39)36(29,30)3/h21-32,39H,5-20H2,1-4H3. The molecule has 10 unspecified atom stereocenters. The molecule has 0 aromatic heterocycles. The first-order valence-electron chi connectivity index (χ1n) is 18.3. The summed E-state index contributed by atoms with van der Waals surface area (Å²) in [6.45, 7) is 8.87. The molecule has 0 spiro atoms. The second-order valence-electron chi connectivity index (χ2n) is 17.6. The number of nitroso groups, excluding NO2 is 1. The first kappa shape index (κ1) is 31.1. The van der Waals surface area contributed by atoms with Crippen LogP contribution in [0.15, 0.2) is 5.18 Å². The number of hydrogen-bond acceptors (Lipinski definition) is 7. The topological polar surface area (TPSA) is 102 Å². The van der Waals surface area contributed by atoms with E-state index in [2.05, 4.69) is 32.9 Å². The van der Waals surface area contributed by atoms with Crippen molar-refractivity contribution in [3.8, 4) is 0 Å². The van der Waals surface area contributed by atoms with Crippen molar-refractivity contribution >= 4 is 11.9 Å². The SMILES string of the molecule is CC(CCC(=O)OCC(=O)OC1(C)C2CC3CC(C2)CC1C3)C1CCC2C3CCC4CC(N=O)CCC4(C)C3CC(O)C12C. The van der Waals surface area contributed by atoms with Crippen molar-refractivity contribution in [2.75, 3.05) is 6.61 Å². The number of esters is 2. The maximum atomic E-state index is 12.8. The van der Waals surface area contributed by atoms with Crippen molar-refractivity contribution in [1.29, 1.82) is 0 Å². The minimum absolute atomic E-state index is 0.0252. The molecule has 0 aliphatic heterocycles. The van der Waals surface area contributed by atoms with Crippen molar-refractivity contribution in [2.24, 2.45) is 75.2 Å². The summed E-state index contributed by atoms with van der Waals surface area (Å²) in [6, 6.07) is -0.0252. The molecular formula is C37H57NO6. The van der Waals surface area contributed by atoms with Crippen LogP contribution < -0.4 is 0 Å². The van der Waals surface area contributed by atoms with Gasteiger partial charge in [-0.1, -0.05) is 25.9 Å². The predicted octanol–water partition coefficient (Wildman–Crippen LogP) is 7.47. The Morgan fingerprint density at radius 2 is 1.55 bits per heavy atom. The zero-order valence-corrected chi connectivity index (χ0v) is 27.7. The maximum Gasteiger partial charge on any atom is 0.344 e. The molecule has 0 amide bonds. The quantitative estimate of drug-likeness (QED) is 0.226. The lowest BCUT2D eigenvalue weighted by Gasteiger charge is -2.62. The van der Waals surface area contributed by atoms with E-state index in [1.54, 1.807) is 0 Å². The Bertz CT molecular complexity index is 1110. The Kier molecular flexibility index (Phi) is 8.02. The highest BCUT2D eigenvalue weighted by molar-refractivity contribution is 5.76. The average Bonchev–Trinajstić information content (AvgIpc) is 3.36. The number of aliphatic hydroxyl groups is 1. The van der Waals surface area contributed by atoms with E-state index in [1.165, 1.54) is 44.9 Å². The molecule has 8 rings (SSSR count). The maximum absolute atomic E-state index is 12.8. The van der Waals surface area contributed by atoms with Crippen LogP contribution >= 0.6 is 0 Å². The third-order valence-electron chi connectivity index (χ3n) is 15.9. The molecule has 4 bridgehead atoms. The molecule has 10 atom stereocenters. The van der Waals surface area contributed by atoms with Crippen molar-refractivity contribution < 1.29 is 24.2 Å². The lowest BCUT2D eigenvalue weighted by molar-refractivity contribution is -0.207. The minimum atomic E-state index is -0.400. The average molecular weight is 612 g/mol. The fourth-order valence-electron chi connectivity index (χ4n) is 13.6. The van der Waals surface area contributed by atoms with Gasteiger partial charge in [0.15, 0.2) is 6.61 Å². The normalized spacial score (nSPS) is 51.1. The second-order valence-corrected chi connectivity index (χ2v) is 17.6. The van der Waals surface area contributed by atoms with E-state index < -0.39 is 11.6 Å². The van der Waals surface area contributed by atoms with Gasteiger partial charge in [0.1, 0.15) is 5.60 Å². The summed E-state index contributed by atoms with van der Waals surface area (Å²) in [7, 11) is 0. The second kappa shape index (κ2) is 11.3. The van der Waals surface area contributed by atoms with Crippen molar-refractivity contribution in [1.82, 2.24) is 0 Å². The van der Waals surface area contributed by atoms with Gasteiger partial charge in [-0.05, 0) is 167 Å². The number of fused-ring (bicyclic) bond motifs is 5. The van der Waals surface area contributed by atoms with Crippen LogP contribution in [0.1, 0.15) is 124 Å². The number of aliphatic hydroxyl groups excluding tert-OH is 1. The van der Waals surface area contributed by atoms with Crippen LogP contribution in [-0.4, -0.2) is 41.4 Å². The molecule has 0 saturated heterocycles. The Balaban J connectivity index is 0.914. The number of hydrogen-bond donors (Lipinski definition) is 1. The highest BCUT2D eigenvalue weighted by Crippen LogP contribution is 2.68. The summed E-state index contributed by atoms with van der Waals surface area (Å²) >= 11 is 0. The molecule has 44 heavy (non-hydrogen) atoms. The molecule has 0 heterocycles. The minimum Gasteiger partial charge on any atom is -0.456 e. The van der Waals surface area contributed by atoms with Crippen LogP contribution in [0.4, 0.5) is 0 Å². The molecule has 8 fully saturated rings. The van der Waals surface area contributed by atoms with E-state index in [4.69, 9.17) is 9.47 Å². The fraction of sp³-hybridized carbons (Fsp3) is 0.946. The molecule has 8 aliphatic carbocycles. The monoisotopic (exact) mass is 611 g/mol. The van der Waals surface area contributed by atoms with Gasteiger partial charge in [-0.25, -0.2) is 4.79 Å². The molecular weight excluding hydrogens is 554 g/mol. The van der Waals surface area contributed by atoms with Crippen LogP contribution in [0.25, 0.3) is 0 Å². The number of nitrogens with zero attached hydrogens (tertiary/aromatic N) is 1. The molecule has 1 N–H and O–H groups in total. The van der Waals surface area contributed by atoms with Gasteiger partial charge in [-0.2, -0.15) is 4.91 Å². The van der Waals surface area contributed by atoms with Gasteiger partial charge in [0.05, 0.1) is 12.1 Å². The summed E-state index contributed by atoms with van der Waals surface area (Å²) in [5, 5.41) is 15.3. The Hall–Kier alpha value is -1.50. The summed E-state index contributed by atoms with van der Waals surface area (Å²) in [5.74, 6) is 4.69. The van der Waals surface area contributed by atoms with Crippen molar-refractivity contribution in [3.63, 3.8) is 0 Å². The summed E-state index contributed by atoms with van der Waals surface area (Å²) in [4.78, 5) is 37.0. The first-order chi connectivity index (χ1) is 21.0. The molecule has 0 aromatic rings. The zero-order valence-electron chi connectivity index (χ0n) is 27.7. The van der Waals surface area contributed by atoms with Crippen molar-refractivity contribution in [2.45, 2.75) is 142 Å². The van der Waals surface area contributed by atoms with Crippen LogP contribution in [0.2, 0.25) is 0 Å². The lowest BCUT2D eigenvalue weighted by Crippen LogP contribution is -2.58. The van der Waals surface area contributed by atoms with Crippen LogP contribution in [0.5, 0.6) is 0 Å². The molecule has 0 aromatic carbocycles. The highest BCUT2D eigenvalue weighted by atomic mass is 16.6. The molecule has 0 radical (unpaired) electrons. The molecule has 246 valence electrons. The fourth-order valence-corrected chi connectivity index (χ4v) is 13.6. The number of ether oxygens (including phenoxy) is 2. The number of carbonyl (C=O) groups excluding carboxylic acids is 2. The van der Waals surface area contributed by atoms with E-state index in [-0.39, 0.29) is 35.6 Å². The third kappa shape index (κ3) is 4.91. The van der Waals surface area contributed by atoms with Gasteiger partial charge < -0.3 is 14.6 Å². The summed E-state index contributed by atoms with van der Waals surface area (Å²) in [6.07, 6.45) is 15.1. The van der Waals surface area contributed by atoms with E-state index in [9.17, 15) is 19.6 Å². The Morgan fingerprint density at radius 1 is 0.841 bits per heavy atom. The van der Waals surface area contributed by atoms with Gasteiger partial charge in [-0.15, -0.1) is 0 Å². The van der Waals surface area contributed by atoms with Gasteiger partial charge in [-0.3, -0.25) is 4.79 Å². The lowest BCUT2D eigenvalue weighted by atomic mass is 9.43. The molecule has 8 aliphatic rings. The molecule has 7 heteroatoms. The van der Waals surface area contributed by atoms with Crippen LogP contribution in [0, 0.1) is 74.9 Å². The van der Waals surface area contributed by atoms with Gasteiger partial charge in [0.2, 0.25) is 0 Å². The smallest absolute Gasteiger partial charge is 0.344 e. The van der Waals surface area contributed by atoms with Crippen LogP contribution in [-0.2, 0) is 19.1 Å². The zero-order chi connectivity index (χ0) is 31.0. The number of rotatable bonds is 8. The Labute approximate surface area is 264 Å². The molecule has 7 nitrogen and oxygen atoms in total. The van der Waals surface area contributed by atoms with Crippen molar-refractivity contribution in [3.05, 3.63) is 4.91 Å². The van der Waals surface area contributed by atoms with Gasteiger partial charge >= 0.3 is 11.9 Å². The predicted molar refractivity (Wildman–Crippen MR) is 167 cm³/mol. The van der Waals surface area contributed by atoms with E-state index >= 15 is 0 Å². The van der Waals surface area contributed by atoms with E-state index in [1.807, 2.05) is 0 Å². The summed E-state index contributed by atoms with van der Waals surface area (Å²) < 4.78 is 11.6. The highest BCUT2D eigenvalue weighted by Gasteiger charge is 2.64. The number of carbonyl (C=O) groups is 2. The van der Waals surface area contributed by atoms with E-state index in [0.29, 0.717) is 60.2 Å². The third-order valence-corrected chi connectivity index (χ3v) is 15.9. The first-order valence-corrected chi connectivity index (χ1v) is 18.3. The van der Waals surface area contributed by atoms with Gasteiger partial charge in [0, 0.05) is 6.42 Å².